The first-order valence-electron chi connectivity index (χ1n) is 10.2. The second-order valence-corrected chi connectivity index (χ2v) is 7.57. The molecule has 1 aromatic carbocycles. The third-order valence-corrected chi connectivity index (χ3v) is 5.23. The van der Waals surface area contributed by atoms with Gasteiger partial charge in [0.25, 0.3) is 0 Å². The van der Waals surface area contributed by atoms with Crippen LogP contribution in [0.5, 0.6) is 5.75 Å². The van der Waals surface area contributed by atoms with Gasteiger partial charge in [-0.3, -0.25) is 4.90 Å². The molecule has 0 aromatic heterocycles. The quantitative estimate of drug-likeness (QED) is 0.808. The Bertz CT molecular complexity index is 510. The van der Waals surface area contributed by atoms with Crippen molar-refractivity contribution >= 4 is 0 Å². The number of aliphatic hydroxyl groups excluding tert-OH is 1. The zero-order valence-electron chi connectivity index (χ0n) is 15.9. The van der Waals surface area contributed by atoms with Crippen LogP contribution in [0.25, 0.3) is 0 Å². The maximum Gasteiger partial charge on any atom is 0.119 e. The lowest BCUT2D eigenvalue weighted by molar-refractivity contribution is 0.0693. The first-order valence-corrected chi connectivity index (χ1v) is 10.2. The van der Waals surface area contributed by atoms with E-state index < -0.39 is 6.10 Å². The average molecular weight is 363 g/mol. The van der Waals surface area contributed by atoms with Crippen molar-refractivity contribution in [2.45, 2.75) is 44.8 Å². The summed E-state index contributed by atoms with van der Waals surface area (Å²) in [5.74, 6) is 0.850. The van der Waals surface area contributed by atoms with E-state index in [-0.39, 0.29) is 0 Å². The van der Waals surface area contributed by atoms with Crippen molar-refractivity contribution in [2.24, 2.45) is 0 Å². The Hall–Kier alpha value is -1.14. The van der Waals surface area contributed by atoms with Gasteiger partial charge in [-0.05, 0) is 50.0 Å². The summed E-state index contributed by atoms with van der Waals surface area (Å²) in [5, 5.41) is 10.3. The highest BCUT2D eigenvalue weighted by molar-refractivity contribution is 5.28. The van der Waals surface area contributed by atoms with Crippen molar-refractivity contribution in [3.8, 4) is 5.75 Å². The Morgan fingerprint density at radius 2 is 1.77 bits per heavy atom. The molecule has 2 saturated heterocycles. The van der Waals surface area contributed by atoms with Gasteiger partial charge in [0.05, 0.1) is 6.61 Å². The predicted molar refractivity (Wildman–Crippen MR) is 104 cm³/mol. The zero-order chi connectivity index (χ0) is 18.0. The highest BCUT2D eigenvalue weighted by Gasteiger charge is 2.15. The van der Waals surface area contributed by atoms with Gasteiger partial charge in [0.1, 0.15) is 18.5 Å². The summed E-state index contributed by atoms with van der Waals surface area (Å²) in [7, 11) is 0. The van der Waals surface area contributed by atoms with Gasteiger partial charge >= 0.3 is 0 Å². The molecule has 26 heavy (non-hydrogen) atoms. The lowest BCUT2D eigenvalue weighted by Gasteiger charge is -2.23. The molecule has 5 heteroatoms. The minimum Gasteiger partial charge on any atom is -0.491 e. The van der Waals surface area contributed by atoms with E-state index in [2.05, 4.69) is 21.9 Å². The van der Waals surface area contributed by atoms with Gasteiger partial charge in [-0.2, -0.15) is 0 Å². The van der Waals surface area contributed by atoms with Gasteiger partial charge in [0, 0.05) is 32.8 Å². The van der Waals surface area contributed by atoms with E-state index >= 15 is 0 Å². The van der Waals surface area contributed by atoms with Crippen LogP contribution < -0.4 is 4.74 Å². The third kappa shape index (κ3) is 6.88. The summed E-state index contributed by atoms with van der Waals surface area (Å²) < 4.78 is 11.4. The van der Waals surface area contributed by atoms with Crippen molar-refractivity contribution < 1.29 is 14.6 Å². The van der Waals surface area contributed by atoms with Crippen molar-refractivity contribution in [1.82, 2.24) is 9.80 Å². The molecule has 2 aliphatic rings. The SMILES string of the molecule is O[C@@H](COc1cccc(CN2CCCOCC2)c1)CN1CCCCCC1. The number of aliphatic hydroxyl groups is 1. The second kappa shape index (κ2) is 10.9. The summed E-state index contributed by atoms with van der Waals surface area (Å²) in [6, 6.07) is 8.27. The molecule has 2 fully saturated rings. The van der Waals surface area contributed by atoms with Crippen molar-refractivity contribution in [1.29, 1.82) is 0 Å². The Morgan fingerprint density at radius 3 is 2.62 bits per heavy atom. The Labute approximate surface area is 157 Å². The average Bonchev–Trinajstić information content (AvgIpc) is 3.05. The molecule has 146 valence electrons. The maximum atomic E-state index is 10.3. The Morgan fingerprint density at radius 1 is 0.962 bits per heavy atom. The fraction of sp³-hybridized carbons (Fsp3) is 0.714. The number of nitrogens with zero attached hydrogens (tertiary/aromatic N) is 2. The molecule has 1 atom stereocenters. The molecule has 1 N–H and O–H groups in total. The number of benzene rings is 1. The first kappa shape index (κ1) is 19.6. The molecular formula is C21H34N2O3. The molecule has 0 spiro atoms. The number of rotatable bonds is 7. The summed E-state index contributed by atoms with van der Waals surface area (Å²) in [6.07, 6.45) is 5.80. The van der Waals surface area contributed by atoms with Gasteiger partial charge in [-0.25, -0.2) is 0 Å². The minimum atomic E-state index is -0.431. The van der Waals surface area contributed by atoms with Crippen molar-refractivity contribution in [3.05, 3.63) is 29.8 Å². The zero-order valence-corrected chi connectivity index (χ0v) is 15.9. The molecule has 0 unspecified atom stereocenters. The topological polar surface area (TPSA) is 45.2 Å². The van der Waals surface area contributed by atoms with Crippen LogP contribution in [0.2, 0.25) is 0 Å². The molecule has 3 rings (SSSR count). The molecule has 0 saturated carbocycles. The molecule has 1 aromatic rings. The number of hydrogen-bond donors (Lipinski definition) is 1. The fourth-order valence-corrected chi connectivity index (χ4v) is 3.81. The lowest BCUT2D eigenvalue weighted by atomic mass is 10.2. The van der Waals surface area contributed by atoms with Crippen LogP contribution in [0, 0.1) is 0 Å². The summed E-state index contributed by atoms with van der Waals surface area (Å²) in [4.78, 5) is 4.80. The van der Waals surface area contributed by atoms with E-state index in [1.54, 1.807) is 0 Å². The van der Waals surface area contributed by atoms with Crippen LogP contribution in [0.3, 0.4) is 0 Å². The lowest BCUT2D eigenvalue weighted by Crippen LogP contribution is -2.36. The largest absolute Gasteiger partial charge is 0.491 e. The number of hydrogen-bond acceptors (Lipinski definition) is 5. The smallest absolute Gasteiger partial charge is 0.119 e. The maximum absolute atomic E-state index is 10.3. The number of ether oxygens (including phenoxy) is 2. The molecular weight excluding hydrogens is 328 g/mol. The standard InChI is InChI=1S/C21H34N2O3/c24-20(17-22-9-3-1-2-4-10-22)18-26-21-8-5-7-19(15-21)16-23-11-6-13-25-14-12-23/h5,7-8,15,20,24H,1-4,6,9-14,16-18H2/t20-/m1/s1. The van der Waals surface area contributed by atoms with Gasteiger partial charge in [0.2, 0.25) is 0 Å². The normalized spacial score (nSPS) is 21.7. The van der Waals surface area contributed by atoms with Crippen molar-refractivity contribution in [2.75, 3.05) is 52.5 Å². The molecule has 0 bridgehead atoms. The van der Waals surface area contributed by atoms with Gasteiger partial charge < -0.3 is 19.5 Å². The Balaban J connectivity index is 1.43. The molecule has 0 aliphatic carbocycles. The van der Waals surface area contributed by atoms with Crippen LogP contribution in [-0.2, 0) is 11.3 Å². The summed E-state index contributed by atoms with van der Waals surface area (Å²) in [6.45, 7) is 7.97. The van der Waals surface area contributed by atoms with E-state index in [4.69, 9.17) is 9.47 Å². The Kier molecular flexibility index (Phi) is 8.21. The van der Waals surface area contributed by atoms with Gasteiger partial charge in [-0.1, -0.05) is 25.0 Å². The minimum absolute atomic E-state index is 0.359. The van der Waals surface area contributed by atoms with E-state index in [1.807, 2.05) is 12.1 Å². The molecule has 2 heterocycles. The van der Waals surface area contributed by atoms with Crippen LogP contribution in [0.1, 0.15) is 37.7 Å². The van der Waals surface area contributed by atoms with E-state index in [0.717, 1.165) is 58.1 Å². The first-order chi connectivity index (χ1) is 12.8. The van der Waals surface area contributed by atoms with Crippen LogP contribution in [-0.4, -0.2) is 73.6 Å². The monoisotopic (exact) mass is 362 g/mol. The molecule has 2 aliphatic heterocycles. The van der Waals surface area contributed by atoms with E-state index in [9.17, 15) is 5.11 Å². The molecule has 5 nitrogen and oxygen atoms in total. The van der Waals surface area contributed by atoms with Crippen LogP contribution >= 0.6 is 0 Å². The van der Waals surface area contributed by atoms with Gasteiger partial charge in [-0.15, -0.1) is 0 Å². The predicted octanol–water partition coefficient (Wildman–Crippen LogP) is 2.52. The number of likely N-dealkylation sites (tertiary alicyclic amines) is 1. The fourth-order valence-electron chi connectivity index (χ4n) is 3.81. The highest BCUT2D eigenvalue weighted by atomic mass is 16.5. The van der Waals surface area contributed by atoms with E-state index in [1.165, 1.54) is 31.2 Å². The number of β-amino-alcohol motifs (C(OH)–C–C–N with tert-alkyl or cyclic N) is 1. The molecule has 0 radical (unpaired) electrons. The molecule has 0 amide bonds. The second-order valence-electron chi connectivity index (χ2n) is 7.57. The van der Waals surface area contributed by atoms with Crippen LogP contribution in [0.4, 0.5) is 0 Å². The summed E-state index contributed by atoms with van der Waals surface area (Å²) >= 11 is 0. The third-order valence-electron chi connectivity index (χ3n) is 5.23. The summed E-state index contributed by atoms with van der Waals surface area (Å²) in [5.41, 5.74) is 1.26. The van der Waals surface area contributed by atoms with E-state index in [0.29, 0.717) is 13.2 Å². The van der Waals surface area contributed by atoms with Crippen molar-refractivity contribution in [3.63, 3.8) is 0 Å². The van der Waals surface area contributed by atoms with Crippen LogP contribution in [0.15, 0.2) is 24.3 Å². The highest BCUT2D eigenvalue weighted by Crippen LogP contribution is 2.16. The van der Waals surface area contributed by atoms with Gasteiger partial charge in [0.15, 0.2) is 0 Å².